The normalized spacial score (nSPS) is 22.0. The Morgan fingerprint density at radius 3 is 2.78 bits per heavy atom. The summed E-state index contributed by atoms with van der Waals surface area (Å²) in [4.78, 5) is 33.0. The first-order valence-corrected chi connectivity index (χ1v) is 8.38. The predicted molar refractivity (Wildman–Crippen MR) is 88.2 cm³/mol. The zero-order chi connectivity index (χ0) is 16.4. The molecule has 3 rings (SSSR count). The predicted octanol–water partition coefficient (Wildman–Crippen LogP) is 1.60. The Hall–Kier alpha value is -1.95. The van der Waals surface area contributed by atoms with Crippen LogP contribution in [0, 0.1) is 5.92 Å². The molecule has 1 N–H and O–H groups in total. The zero-order valence-electron chi connectivity index (χ0n) is 13.8. The molecule has 2 amide bonds. The number of aromatic nitrogens is 1. The minimum atomic E-state index is 0.00651. The van der Waals surface area contributed by atoms with E-state index >= 15 is 0 Å². The van der Waals surface area contributed by atoms with Gasteiger partial charge in [-0.05, 0) is 38.4 Å². The van der Waals surface area contributed by atoms with Crippen LogP contribution in [0.15, 0.2) is 18.3 Å². The number of nitrogens with one attached hydrogen (secondary N) is 1. The van der Waals surface area contributed by atoms with Crippen LogP contribution in [-0.4, -0.2) is 58.8 Å². The molecule has 6 heteroatoms. The molecule has 23 heavy (non-hydrogen) atoms. The third kappa shape index (κ3) is 3.69. The van der Waals surface area contributed by atoms with Crippen LogP contribution in [0.1, 0.15) is 37.0 Å². The average molecular weight is 316 g/mol. The van der Waals surface area contributed by atoms with Crippen molar-refractivity contribution in [3.63, 3.8) is 0 Å². The van der Waals surface area contributed by atoms with E-state index in [0.717, 1.165) is 39.0 Å². The summed E-state index contributed by atoms with van der Waals surface area (Å²) in [6.45, 7) is 7.78. The number of carbonyl (C=O) groups is 2. The second-order valence-corrected chi connectivity index (χ2v) is 6.43. The van der Waals surface area contributed by atoms with Crippen LogP contribution in [0.5, 0.6) is 0 Å². The van der Waals surface area contributed by atoms with Crippen LogP contribution in [0.4, 0.5) is 5.82 Å². The molecule has 2 heterocycles. The van der Waals surface area contributed by atoms with E-state index in [-0.39, 0.29) is 23.8 Å². The van der Waals surface area contributed by atoms with E-state index in [1.54, 1.807) is 18.3 Å². The highest BCUT2D eigenvalue weighted by molar-refractivity contribution is 5.97. The first kappa shape index (κ1) is 15.9. The minimum absolute atomic E-state index is 0.00651. The standard InChI is InChI=1S/C17H24N4O2/c1-3-20-8-9-21(12(2)11-20)17(23)14-6-7-18-15(10-14)19-16(22)13-4-5-13/h6-7,10,12-13H,3-5,8-9,11H2,1-2H3,(H,18,19,22). The molecular weight excluding hydrogens is 292 g/mol. The van der Waals surface area contributed by atoms with Crippen molar-refractivity contribution in [3.05, 3.63) is 23.9 Å². The Kier molecular flexibility index (Phi) is 4.61. The Morgan fingerprint density at radius 2 is 2.13 bits per heavy atom. The summed E-state index contributed by atoms with van der Waals surface area (Å²) in [6, 6.07) is 3.59. The quantitative estimate of drug-likeness (QED) is 0.916. The van der Waals surface area contributed by atoms with E-state index in [9.17, 15) is 9.59 Å². The van der Waals surface area contributed by atoms with E-state index in [1.165, 1.54) is 0 Å². The third-order valence-electron chi connectivity index (χ3n) is 4.63. The van der Waals surface area contributed by atoms with Crippen molar-refractivity contribution in [3.8, 4) is 0 Å². The van der Waals surface area contributed by atoms with Crippen LogP contribution in [0.3, 0.4) is 0 Å². The van der Waals surface area contributed by atoms with Crippen molar-refractivity contribution >= 4 is 17.6 Å². The van der Waals surface area contributed by atoms with E-state index in [4.69, 9.17) is 0 Å². The summed E-state index contributed by atoms with van der Waals surface area (Å²) in [5.41, 5.74) is 0.586. The van der Waals surface area contributed by atoms with Gasteiger partial charge in [-0.2, -0.15) is 0 Å². The van der Waals surface area contributed by atoms with E-state index in [2.05, 4.69) is 29.0 Å². The molecule has 2 aliphatic rings. The van der Waals surface area contributed by atoms with E-state index in [1.807, 2.05) is 4.90 Å². The van der Waals surface area contributed by atoms with Gasteiger partial charge in [0.2, 0.25) is 5.91 Å². The summed E-state index contributed by atoms with van der Waals surface area (Å²) >= 11 is 0. The molecule has 1 aliphatic heterocycles. The van der Waals surface area contributed by atoms with Gasteiger partial charge in [0.25, 0.3) is 5.91 Å². The zero-order valence-corrected chi connectivity index (χ0v) is 13.8. The number of nitrogens with zero attached hydrogens (tertiary/aromatic N) is 3. The minimum Gasteiger partial charge on any atom is -0.333 e. The number of likely N-dealkylation sites (N-methyl/N-ethyl adjacent to an activating group) is 1. The fraction of sp³-hybridized carbons (Fsp3) is 0.588. The SMILES string of the molecule is CCN1CCN(C(=O)c2ccnc(NC(=O)C3CC3)c2)C(C)C1. The topological polar surface area (TPSA) is 65.5 Å². The van der Waals surface area contributed by atoms with Crippen molar-refractivity contribution in [2.45, 2.75) is 32.7 Å². The highest BCUT2D eigenvalue weighted by atomic mass is 16.2. The molecule has 1 aliphatic carbocycles. The fourth-order valence-corrected chi connectivity index (χ4v) is 2.99. The molecule has 0 spiro atoms. The van der Waals surface area contributed by atoms with Gasteiger partial charge in [-0.3, -0.25) is 14.5 Å². The summed E-state index contributed by atoms with van der Waals surface area (Å²) in [5.74, 6) is 0.607. The maximum absolute atomic E-state index is 12.8. The van der Waals surface area contributed by atoms with Crippen molar-refractivity contribution in [1.29, 1.82) is 0 Å². The fourth-order valence-electron chi connectivity index (χ4n) is 2.99. The van der Waals surface area contributed by atoms with Crippen LogP contribution >= 0.6 is 0 Å². The lowest BCUT2D eigenvalue weighted by molar-refractivity contribution is -0.117. The van der Waals surface area contributed by atoms with Gasteiger partial charge < -0.3 is 10.2 Å². The summed E-state index contributed by atoms with van der Waals surface area (Å²) in [5, 5.41) is 2.80. The van der Waals surface area contributed by atoms with Gasteiger partial charge in [0, 0.05) is 43.4 Å². The largest absolute Gasteiger partial charge is 0.333 e. The molecule has 1 aromatic rings. The Bertz CT molecular complexity index is 600. The highest BCUT2D eigenvalue weighted by Gasteiger charge is 2.30. The molecule has 0 aromatic carbocycles. The van der Waals surface area contributed by atoms with Crippen molar-refractivity contribution in [1.82, 2.24) is 14.8 Å². The first-order valence-electron chi connectivity index (χ1n) is 8.38. The average Bonchev–Trinajstić information content (AvgIpc) is 3.39. The summed E-state index contributed by atoms with van der Waals surface area (Å²) < 4.78 is 0. The van der Waals surface area contributed by atoms with Gasteiger partial charge in [0.05, 0.1) is 0 Å². The van der Waals surface area contributed by atoms with Gasteiger partial charge in [0.1, 0.15) is 5.82 Å². The highest BCUT2D eigenvalue weighted by Crippen LogP contribution is 2.30. The lowest BCUT2D eigenvalue weighted by Gasteiger charge is -2.39. The Morgan fingerprint density at radius 1 is 1.35 bits per heavy atom. The van der Waals surface area contributed by atoms with Gasteiger partial charge in [-0.1, -0.05) is 6.92 Å². The lowest BCUT2D eigenvalue weighted by Crippen LogP contribution is -2.53. The van der Waals surface area contributed by atoms with E-state index < -0.39 is 0 Å². The lowest BCUT2D eigenvalue weighted by atomic mass is 10.1. The number of piperazine rings is 1. The number of hydrogen-bond donors (Lipinski definition) is 1. The Balaban J connectivity index is 1.68. The van der Waals surface area contributed by atoms with Crippen LogP contribution in [0.25, 0.3) is 0 Å². The molecule has 1 atom stereocenters. The van der Waals surface area contributed by atoms with Crippen LogP contribution in [-0.2, 0) is 4.79 Å². The van der Waals surface area contributed by atoms with Gasteiger partial charge in [0.15, 0.2) is 0 Å². The first-order chi connectivity index (χ1) is 11.1. The van der Waals surface area contributed by atoms with Crippen molar-refractivity contribution < 1.29 is 9.59 Å². The molecule has 0 radical (unpaired) electrons. The van der Waals surface area contributed by atoms with Gasteiger partial charge in [-0.15, -0.1) is 0 Å². The summed E-state index contributed by atoms with van der Waals surface area (Å²) in [7, 11) is 0. The van der Waals surface area contributed by atoms with Crippen LogP contribution < -0.4 is 5.32 Å². The van der Waals surface area contributed by atoms with Crippen molar-refractivity contribution in [2.24, 2.45) is 5.92 Å². The monoisotopic (exact) mass is 316 g/mol. The molecule has 1 unspecified atom stereocenters. The van der Waals surface area contributed by atoms with Crippen LogP contribution in [0.2, 0.25) is 0 Å². The number of amides is 2. The maximum atomic E-state index is 12.8. The molecule has 0 bridgehead atoms. The molecule has 1 aromatic heterocycles. The number of carbonyl (C=O) groups excluding carboxylic acids is 2. The van der Waals surface area contributed by atoms with Gasteiger partial charge in [-0.25, -0.2) is 4.98 Å². The number of rotatable bonds is 4. The molecule has 2 fully saturated rings. The maximum Gasteiger partial charge on any atom is 0.254 e. The van der Waals surface area contributed by atoms with Crippen molar-refractivity contribution in [2.75, 3.05) is 31.5 Å². The third-order valence-corrected chi connectivity index (χ3v) is 4.63. The van der Waals surface area contributed by atoms with Gasteiger partial charge >= 0.3 is 0 Å². The molecule has 1 saturated heterocycles. The summed E-state index contributed by atoms with van der Waals surface area (Å²) in [6.07, 6.45) is 3.48. The molecule has 124 valence electrons. The second-order valence-electron chi connectivity index (χ2n) is 6.43. The number of anilines is 1. The second kappa shape index (κ2) is 6.66. The van der Waals surface area contributed by atoms with E-state index in [0.29, 0.717) is 11.4 Å². The molecule has 1 saturated carbocycles. The Labute approximate surface area is 136 Å². The number of hydrogen-bond acceptors (Lipinski definition) is 4. The molecular formula is C17H24N4O2. The smallest absolute Gasteiger partial charge is 0.254 e. The number of pyridine rings is 1. The molecule has 6 nitrogen and oxygen atoms in total.